The Kier molecular flexibility index (Phi) is 39.2. The molecular weight excluding hydrogens is 1400 g/mol. The second-order valence-electron chi connectivity index (χ2n) is 32.0. The van der Waals surface area contributed by atoms with Gasteiger partial charge in [0, 0.05) is 56.5 Å². The molecule has 0 saturated heterocycles. The molecule has 2 aromatic heterocycles. The van der Waals surface area contributed by atoms with Crippen LogP contribution >= 0.6 is 0 Å². The van der Waals surface area contributed by atoms with Crippen LogP contribution in [0.3, 0.4) is 0 Å². The van der Waals surface area contributed by atoms with Crippen molar-refractivity contribution in [3.63, 3.8) is 0 Å². The van der Waals surface area contributed by atoms with E-state index in [1.54, 1.807) is 131 Å². The van der Waals surface area contributed by atoms with Crippen LogP contribution in [0.4, 0.5) is 38.8 Å². The molecule has 0 spiro atoms. The molecule has 0 radical (unpaired) electrons. The predicted octanol–water partition coefficient (Wildman–Crippen LogP) is 7.68. The fraction of sp³-hybridized carbons (Fsp3) is 0.630. The second-order valence-corrected chi connectivity index (χ2v) is 32.0. The summed E-state index contributed by atoms with van der Waals surface area (Å²) in [5, 5.41) is 21.4. The van der Waals surface area contributed by atoms with E-state index in [1.807, 2.05) is 48.4 Å². The van der Waals surface area contributed by atoms with Crippen LogP contribution in [0.5, 0.6) is 5.75 Å². The van der Waals surface area contributed by atoms with E-state index >= 15 is 0 Å². The number of pyridine rings is 2. The van der Waals surface area contributed by atoms with E-state index in [-0.39, 0.29) is 49.6 Å². The number of ether oxygens (including phenoxy) is 7. The molecule has 0 fully saturated rings. The number of benzene rings is 1. The van der Waals surface area contributed by atoms with Gasteiger partial charge in [-0.2, -0.15) is 8.78 Å². The summed E-state index contributed by atoms with van der Waals surface area (Å²) in [7, 11) is 11.5. The lowest BCUT2D eigenvalue weighted by atomic mass is 10.1. The van der Waals surface area contributed by atoms with Crippen LogP contribution in [0.1, 0.15) is 210 Å². The molecule has 0 bridgehead atoms. The van der Waals surface area contributed by atoms with Crippen molar-refractivity contribution in [1.29, 1.82) is 0 Å². The minimum Gasteiger partial charge on any atom is -0.554 e. The van der Waals surface area contributed by atoms with Gasteiger partial charge in [-0.15, -0.1) is 0 Å². The Hall–Kier alpha value is -9.11. The van der Waals surface area contributed by atoms with Gasteiger partial charge >= 0.3 is 53.8 Å². The van der Waals surface area contributed by atoms with E-state index in [0.29, 0.717) is 59.1 Å². The molecule has 0 aliphatic carbocycles. The van der Waals surface area contributed by atoms with E-state index in [2.05, 4.69) is 47.0 Å². The third-order valence-electron chi connectivity index (χ3n) is 12.9. The minimum absolute atomic E-state index is 0.0180. The van der Waals surface area contributed by atoms with Gasteiger partial charge in [0.2, 0.25) is 29.0 Å². The highest BCUT2D eigenvalue weighted by atomic mass is 19.2. The average Bonchev–Trinajstić information content (AvgIpc) is 0.809. The van der Waals surface area contributed by atoms with Crippen molar-refractivity contribution in [1.82, 2.24) is 45.5 Å². The number of carbonyl (C=O) groups is 11. The summed E-state index contributed by atoms with van der Waals surface area (Å²) in [4.78, 5) is 143. The highest BCUT2D eigenvalue weighted by Crippen LogP contribution is 2.28. The van der Waals surface area contributed by atoms with E-state index in [0.717, 1.165) is 18.4 Å². The molecule has 5 amide bonds. The maximum absolute atomic E-state index is 13.5. The zero-order valence-electron chi connectivity index (χ0n) is 66.2. The average molecular weight is 1510 g/mol. The molecule has 0 saturated carbocycles. The number of nitrogens with zero attached hydrogens (tertiary/aromatic N) is 4. The first-order chi connectivity index (χ1) is 48.2. The highest BCUT2D eigenvalue weighted by molar-refractivity contribution is 5.94. The fourth-order valence-corrected chi connectivity index (χ4v) is 8.43. The number of hydrogen-bond acceptors (Lipinski definition) is 21. The number of halogens is 4. The van der Waals surface area contributed by atoms with Gasteiger partial charge in [-0.1, -0.05) is 0 Å². The normalized spacial score (nSPS) is 13.0. The third-order valence-corrected chi connectivity index (χ3v) is 12.9. The lowest BCUT2D eigenvalue weighted by molar-refractivity contribution is -0.368. The van der Waals surface area contributed by atoms with E-state index < -0.39 is 147 Å². The van der Waals surface area contributed by atoms with Crippen molar-refractivity contribution in [3.8, 4) is 5.75 Å². The van der Waals surface area contributed by atoms with Crippen LogP contribution in [0, 0.1) is 23.3 Å². The molecular formula is C73H116F4N10O19+2. The van der Waals surface area contributed by atoms with Gasteiger partial charge in [0.1, 0.15) is 57.8 Å². The monoisotopic (exact) mass is 1510 g/mol. The first-order valence-electron chi connectivity index (χ1n) is 34.4. The minimum atomic E-state index is -1.78. The first kappa shape index (κ1) is 96.9. The molecule has 106 heavy (non-hydrogen) atoms. The Bertz CT molecular complexity index is 3350. The molecule has 8 N–H and O–H groups in total. The number of rotatable bonds is 28. The van der Waals surface area contributed by atoms with Gasteiger partial charge in [0.05, 0.1) is 60.0 Å². The molecule has 598 valence electrons. The van der Waals surface area contributed by atoms with Crippen LogP contribution in [-0.4, -0.2) is 189 Å². The van der Waals surface area contributed by atoms with Gasteiger partial charge in [-0.05, 0) is 188 Å². The van der Waals surface area contributed by atoms with Crippen LogP contribution in [0.25, 0.3) is 0 Å². The first-order valence-corrected chi connectivity index (χ1v) is 34.4. The highest BCUT2D eigenvalue weighted by Gasteiger charge is 2.35. The zero-order valence-corrected chi connectivity index (χ0v) is 66.2. The van der Waals surface area contributed by atoms with Gasteiger partial charge in [0.25, 0.3) is 5.91 Å². The van der Waals surface area contributed by atoms with E-state index in [4.69, 9.17) is 38.3 Å². The standard InChI is InChI=1S/C33H55N5O8.C24H45N3O7.C15H13F4N2O2.CH2O2/c1-31(2,3)44-26(39)19-17-24(29(42)46-33(7,8)9)37-30(43)36-23(28(41)45-32(4,5)6)15-13-14-20-34-27(40)22-16-18-25(35-21-22)38(10,11)12;1-22(2,3)32-18(28)14-13-17(20(30)34-24(7,8)9)27-21(31)26-16(12-10-11-15-25)19(29)33-23(4,5)6;1-21(2,3)11-5-4-8(7-20-11)15(22)23-14-12(18)9(16)6-10(17)13(14)19;2-1-3/h16,18,21,23-24H,13-15,17,19-20H2,1-12H3,(H2-,34,36,37,40,43);16-17H,10-15,25H2,1-9H3,(H2,26,27,31);4-7H,1-3H3;1H,(H,2,3)/q;;+1;/p+1/t23-,24-;16-,17-;;/m00../s1. The summed E-state index contributed by atoms with van der Waals surface area (Å²) >= 11 is 0. The molecule has 2 heterocycles. The number of carbonyl (C=O) groups excluding carboxylic acids is 11. The lowest BCUT2D eigenvalue weighted by Gasteiger charge is -2.27. The molecule has 29 nitrogen and oxygen atoms in total. The molecule has 33 heteroatoms. The Morgan fingerprint density at radius 1 is 0.472 bits per heavy atom. The summed E-state index contributed by atoms with van der Waals surface area (Å²) in [6, 6.07) is 0.678. The lowest BCUT2D eigenvalue weighted by Crippen LogP contribution is -2.53. The van der Waals surface area contributed by atoms with E-state index in [9.17, 15) is 65.5 Å². The Balaban J connectivity index is 0.00000161. The van der Waals surface area contributed by atoms with Crippen LogP contribution < -0.4 is 51.1 Å². The summed E-state index contributed by atoms with van der Waals surface area (Å²) in [5.74, 6) is -12.0. The summed E-state index contributed by atoms with van der Waals surface area (Å²) in [5.41, 5.74) is -0.407. The second kappa shape index (κ2) is 42.9. The van der Waals surface area contributed by atoms with Crippen LogP contribution in [-0.2, 0) is 62.0 Å². The topological polar surface area (TPSA) is 389 Å². The van der Waals surface area contributed by atoms with Crippen molar-refractivity contribution >= 4 is 77.9 Å². The summed E-state index contributed by atoms with van der Waals surface area (Å²) in [6.07, 6.45) is 5.39. The number of carboxylic acid groups (broad SMARTS) is 1. The SMILES string of the molecule is CC(C)(C)OC(=O)CC[C@H](NC(=O)N[C@@H](CCCCNC(=O)c1ccc([N+](C)(C)C)nc1)C(=O)OC(C)(C)C)C(=O)OC(C)(C)C.CC(C)(C)OC(=O)CC[C@H](NC(=O)N[C@@H](CCCC[NH3+])C(=O)OC(C)(C)C)C(=O)OC(C)(C)C.C[N+](C)(C)c1ccc(C(=O)Oc2c(F)c(F)cc(F)c2F)cn1.O=C[O-]. The molecule has 0 aliphatic rings. The fourth-order valence-electron chi connectivity index (χ4n) is 8.43. The molecule has 4 atom stereocenters. The molecule has 1 aromatic carbocycles. The van der Waals surface area contributed by atoms with Crippen molar-refractivity contribution in [3.05, 3.63) is 77.1 Å². The molecule has 0 aliphatic heterocycles. The molecule has 0 unspecified atom stereocenters. The number of unbranched alkanes of at least 4 members (excludes halogenated alkanes) is 2. The van der Waals surface area contributed by atoms with Gasteiger partial charge in [-0.3, -0.25) is 23.3 Å². The van der Waals surface area contributed by atoms with Crippen LogP contribution in [0.15, 0.2) is 42.7 Å². The van der Waals surface area contributed by atoms with Crippen molar-refractivity contribution in [2.45, 2.75) is 247 Å². The zero-order chi connectivity index (χ0) is 82.3. The molecule has 3 aromatic rings. The number of aromatic nitrogens is 2. The van der Waals surface area contributed by atoms with Gasteiger partial charge < -0.3 is 75.4 Å². The predicted molar refractivity (Wildman–Crippen MR) is 385 cm³/mol. The Morgan fingerprint density at radius 2 is 0.774 bits per heavy atom. The quantitative estimate of drug-likeness (QED) is 0.00593. The van der Waals surface area contributed by atoms with Gasteiger partial charge in [0.15, 0.2) is 11.6 Å². The van der Waals surface area contributed by atoms with Crippen molar-refractivity contribution in [2.75, 3.05) is 55.4 Å². The number of hydrogen-bond donors (Lipinski definition) is 6. The maximum atomic E-state index is 13.5. The van der Waals surface area contributed by atoms with Crippen molar-refractivity contribution < 1.29 is 114 Å². The summed E-state index contributed by atoms with van der Waals surface area (Å²) in [6.45, 7) is 31.5. The van der Waals surface area contributed by atoms with Gasteiger partial charge in [-0.25, -0.2) is 52.3 Å². The van der Waals surface area contributed by atoms with Crippen molar-refractivity contribution in [2.24, 2.45) is 0 Å². The summed E-state index contributed by atoms with van der Waals surface area (Å²) < 4.78 is 90.8. The Labute approximate surface area is 620 Å². The van der Waals surface area contributed by atoms with Crippen LogP contribution in [0.2, 0.25) is 0 Å². The number of esters is 7. The number of urea groups is 2. The largest absolute Gasteiger partial charge is 0.554 e. The number of quaternary nitrogens is 3. The number of amides is 5. The third kappa shape index (κ3) is 42.7. The maximum Gasteiger partial charge on any atom is 0.345 e. The smallest absolute Gasteiger partial charge is 0.345 e. The number of nitrogens with one attached hydrogen (secondary N) is 5. The van der Waals surface area contributed by atoms with E-state index in [1.165, 1.54) is 18.3 Å². The Morgan fingerprint density at radius 3 is 1.06 bits per heavy atom. The molecule has 3 rings (SSSR count).